The van der Waals surface area contributed by atoms with E-state index in [-0.39, 0.29) is 23.6 Å². The van der Waals surface area contributed by atoms with E-state index in [1.165, 1.54) is 23.1 Å². The molecule has 0 saturated carbocycles. The van der Waals surface area contributed by atoms with Gasteiger partial charge in [-0.3, -0.25) is 24.5 Å². The van der Waals surface area contributed by atoms with Gasteiger partial charge in [0.1, 0.15) is 11.1 Å². The van der Waals surface area contributed by atoms with E-state index in [1.54, 1.807) is 24.3 Å². The van der Waals surface area contributed by atoms with Crippen LogP contribution in [0.25, 0.3) is 0 Å². The van der Waals surface area contributed by atoms with Gasteiger partial charge in [-0.15, -0.1) is 6.58 Å². The third-order valence-corrected chi connectivity index (χ3v) is 5.41. The SMILES string of the molecule is C=CCN(C(=O)c1ccc(Cl)c([N+](=O)[O-])c1)C1CC(=O)N(c2ccc(Br)cc2)C1=O. The summed E-state index contributed by atoms with van der Waals surface area (Å²) in [5.74, 6) is -1.64. The molecule has 0 radical (unpaired) electrons. The first-order valence-electron chi connectivity index (χ1n) is 8.72. The average Bonchev–Trinajstić information content (AvgIpc) is 3.00. The van der Waals surface area contributed by atoms with Crippen molar-refractivity contribution >= 4 is 56.6 Å². The van der Waals surface area contributed by atoms with Crippen LogP contribution in [0.1, 0.15) is 16.8 Å². The van der Waals surface area contributed by atoms with E-state index in [1.807, 2.05) is 0 Å². The zero-order valence-electron chi connectivity index (χ0n) is 15.5. The summed E-state index contributed by atoms with van der Waals surface area (Å²) in [6, 6.07) is 9.20. The Kier molecular flexibility index (Phi) is 6.33. The van der Waals surface area contributed by atoms with Gasteiger partial charge in [0.2, 0.25) is 5.91 Å². The number of hydrogen-bond donors (Lipinski definition) is 0. The molecule has 0 aliphatic carbocycles. The second-order valence-corrected chi connectivity index (χ2v) is 7.76. The van der Waals surface area contributed by atoms with Crippen LogP contribution in [0, 0.1) is 10.1 Å². The Labute approximate surface area is 185 Å². The highest BCUT2D eigenvalue weighted by molar-refractivity contribution is 9.10. The zero-order valence-corrected chi connectivity index (χ0v) is 17.8. The lowest BCUT2D eigenvalue weighted by Gasteiger charge is -2.26. The number of anilines is 1. The molecule has 3 rings (SSSR count). The van der Waals surface area contributed by atoms with E-state index < -0.39 is 34.4 Å². The van der Waals surface area contributed by atoms with Gasteiger partial charge in [-0.25, -0.2) is 4.90 Å². The van der Waals surface area contributed by atoms with E-state index in [2.05, 4.69) is 22.5 Å². The van der Waals surface area contributed by atoms with Crippen molar-refractivity contribution in [1.29, 1.82) is 0 Å². The van der Waals surface area contributed by atoms with Crippen LogP contribution in [-0.4, -0.2) is 40.1 Å². The van der Waals surface area contributed by atoms with Crippen molar-refractivity contribution in [3.63, 3.8) is 0 Å². The molecule has 30 heavy (non-hydrogen) atoms. The first-order chi connectivity index (χ1) is 14.2. The molecule has 1 heterocycles. The maximum absolute atomic E-state index is 13.1. The molecule has 1 fully saturated rings. The standard InChI is InChI=1S/C20H15BrClN3O5/c1-2-9-23(19(27)12-3-8-15(22)16(10-12)25(29)30)17-11-18(26)24(20(17)28)14-6-4-13(21)5-7-14/h2-8,10,17H,1,9,11H2. The largest absolute Gasteiger partial charge is 0.322 e. The molecule has 0 N–H and O–H groups in total. The van der Waals surface area contributed by atoms with Crippen LogP contribution in [-0.2, 0) is 9.59 Å². The lowest BCUT2D eigenvalue weighted by molar-refractivity contribution is -0.384. The highest BCUT2D eigenvalue weighted by Gasteiger charge is 2.44. The van der Waals surface area contributed by atoms with Crippen LogP contribution in [0.15, 0.2) is 59.6 Å². The van der Waals surface area contributed by atoms with E-state index in [0.717, 1.165) is 15.4 Å². The van der Waals surface area contributed by atoms with Crippen molar-refractivity contribution in [3.05, 3.63) is 80.3 Å². The summed E-state index contributed by atoms with van der Waals surface area (Å²) in [7, 11) is 0. The molecule has 10 heteroatoms. The maximum atomic E-state index is 13.1. The topological polar surface area (TPSA) is 101 Å². The lowest BCUT2D eigenvalue weighted by atomic mass is 10.1. The van der Waals surface area contributed by atoms with Crippen LogP contribution in [0.4, 0.5) is 11.4 Å². The average molecular weight is 493 g/mol. The van der Waals surface area contributed by atoms with Gasteiger partial charge in [0.05, 0.1) is 17.0 Å². The zero-order chi connectivity index (χ0) is 22.0. The Morgan fingerprint density at radius 1 is 1.30 bits per heavy atom. The second kappa shape index (κ2) is 8.76. The number of hydrogen-bond acceptors (Lipinski definition) is 5. The molecule has 154 valence electrons. The first kappa shape index (κ1) is 21.7. The van der Waals surface area contributed by atoms with Gasteiger partial charge in [0.15, 0.2) is 0 Å². The van der Waals surface area contributed by atoms with Crippen LogP contribution in [0.5, 0.6) is 0 Å². The number of nitro benzene ring substituents is 1. The normalized spacial score (nSPS) is 15.9. The quantitative estimate of drug-likeness (QED) is 0.263. The summed E-state index contributed by atoms with van der Waals surface area (Å²) in [6.45, 7) is 3.58. The highest BCUT2D eigenvalue weighted by Crippen LogP contribution is 2.29. The summed E-state index contributed by atoms with van der Waals surface area (Å²) in [6.07, 6.45) is 1.21. The molecule has 1 unspecified atom stereocenters. The molecule has 1 saturated heterocycles. The van der Waals surface area contributed by atoms with E-state index in [0.29, 0.717) is 5.69 Å². The fraction of sp³-hybridized carbons (Fsp3) is 0.150. The van der Waals surface area contributed by atoms with Gasteiger partial charge in [-0.1, -0.05) is 33.6 Å². The minimum atomic E-state index is -1.05. The Balaban J connectivity index is 1.94. The molecule has 0 spiro atoms. The smallest absolute Gasteiger partial charge is 0.288 e. The molecule has 3 amide bonds. The summed E-state index contributed by atoms with van der Waals surface area (Å²) in [4.78, 5) is 51.3. The molecule has 1 aliphatic heterocycles. The van der Waals surface area contributed by atoms with Gasteiger partial charge in [-0.2, -0.15) is 0 Å². The number of amides is 3. The van der Waals surface area contributed by atoms with Gasteiger partial charge >= 0.3 is 0 Å². The Morgan fingerprint density at radius 2 is 1.97 bits per heavy atom. The monoisotopic (exact) mass is 491 g/mol. The minimum Gasteiger partial charge on any atom is -0.322 e. The molecule has 2 aromatic rings. The molecule has 1 atom stereocenters. The number of benzene rings is 2. The fourth-order valence-corrected chi connectivity index (χ4v) is 3.61. The van der Waals surface area contributed by atoms with E-state index in [4.69, 9.17) is 11.6 Å². The van der Waals surface area contributed by atoms with Crippen molar-refractivity contribution in [2.45, 2.75) is 12.5 Å². The third-order valence-electron chi connectivity index (χ3n) is 4.56. The molecule has 1 aliphatic rings. The van der Waals surface area contributed by atoms with E-state index in [9.17, 15) is 24.5 Å². The Bertz CT molecular complexity index is 1060. The fourth-order valence-electron chi connectivity index (χ4n) is 3.16. The molecule has 8 nitrogen and oxygen atoms in total. The predicted molar refractivity (Wildman–Crippen MR) is 114 cm³/mol. The van der Waals surface area contributed by atoms with Gasteiger partial charge in [0, 0.05) is 22.6 Å². The Morgan fingerprint density at radius 3 is 2.57 bits per heavy atom. The summed E-state index contributed by atoms with van der Waals surface area (Å²) < 4.78 is 0.787. The molecular formula is C20H15BrClN3O5. The van der Waals surface area contributed by atoms with Gasteiger partial charge < -0.3 is 4.90 Å². The van der Waals surface area contributed by atoms with Crippen LogP contribution >= 0.6 is 27.5 Å². The number of nitrogens with zero attached hydrogens (tertiary/aromatic N) is 3. The van der Waals surface area contributed by atoms with Crippen molar-refractivity contribution in [1.82, 2.24) is 4.90 Å². The summed E-state index contributed by atoms with van der Waals surface area (Å²) in [5.41, 5.74) is -0.0505. The maximum Gasteiger partial charge on any atom is 0.288 e. The lowest BCUT2D eigenvalue weighted by Crippen LogP contribution is -2.45. The summed E-state index contributed by atoms with van der Waals surface area (Å²) in [5, 5.41) is 11.0. The van der Waals surface area contributed by atoms with E-state index >= 15 is 0 Å². The second-order valence-electron chi connectivity index (χ2n) is 6.43. The third kappa shape index (κ3) is 4.12. The first-order valence-corrected chi connectivity index (χ1v) is 9.90. The number of imide groups is 1. The number of carbonyl (C=O) groups excluding carboxylic acids is 3. The highest BCUT2D eigenvalue weighted by atomic mass is 79.9. The Hall–Kier alpha value is -3.04. The van der Waals surface area contributed by atoms with Crippen molar-refractivity contribution in [2.75, 3.05) is 11.4 Å². The number of rotatable bonds is 6. The number of halogens is 2. The van der Waals surface area contributed by atoms with Gasteiger partial charge in [0.25, 0.3) is 17.5 Å². The molecule has 2 aromatic carbocycles. The van der Waals surface area contributed by atoms with Crippen LogP contribution < -0.4 is 4.90 Å². The van der Waals surface area contributed by atoms with Crippen molar-refractivity contribution < 1.29 is 19.3 Å². The van der Waals surface area contributed by atoms with Crippen LogP contribution in [0.2, 0.25) is 5.02 Å². The molecule has 0 bridgehead atoms. The number of nitro groups is 1. The van der Waals surface area contributed by atoms with Crippen molar-refractivity contribution in [3.8, 4) is 0 Å². The molecule has 0 aromatic heterocycles. The predicted octanol–water partition coefficient (Wildman–Crippen LogP) is 3.97. The van der Waals surface area contributed by atoms with Crippen molar-refractivity contribution in [2.24, 2.45) is 0 Å². The molecular weight excluding hydrogens is 478 g/mol. The number of carbonyl (C=O) groups is 3. The van der Waals surface area contributed by atoms with Crippen LogP contribution in [0.3, 0.4) is 0 Å². The summed E-state index contributed by atoms with van der Waals surface area (Å²) >= 11 is 9.11. The minimum absolute atomic E-state index is 0.0182. The van der Waals surface area contributed by atoms with Gasteiger partial charge in [-0.05, 0) is 36.4 Å².